The zero-order chi connectivity index (χ0) is 19.4. The fourth-order valence-corrected chi connectivity index (χ4v) is 2.85. The summed E-state index contributed by atoms with van der Waals surface area (Å²) in [5, 5.41) is 14.4. The second-order valence-electron chi connectivity index (χ2n) is 5.42. The molecule has 0 fully saturated rings. The van der Waals surface area contributed by atoms with Crippen LogP contribution in [0.5, 0.6) is 0 Å². The normalized spacial score (nSPS) is 10.9. The summed E-state index contributed by atoms with van der Waals surface area (Å²) in [7, 11) is 0. The number of nitro groups is 1. The van der Waals surface area contributed by atoms with Crippen LogP contribution in [0.1, 0.15) is 5.76 Å². The molecule has 0 bridgehead atoms. The molecule has 0 spiro atoms. The van der Waals surface area contributed by atoms with Gasteiger partial charge in [-0.25, -0.2) is 0 Å². The number of amides is 1. The average Bonchev–Trinajstić information content (AvgIpc) is 3.09. The Hall–Kier alpha value is -3.09. The lowest BCUT2D eigenvalue weighted by atomic mass is 10.2. The lowest BCUT2D eigenvalue weighted by Gasteiger charge is -2.02. The van der Waals surface area contributed by atoms with E-state index in [1.807, 2.05) is 0 Å². The van der Waals surface area contributed by atoms with Crippen molar-refractivity contribution in [2.24, 2.45) is 0 Å². The summed E-state index contributed by atoms with van der Waals surface area (Å²) in [5.41, 5.74) is 0.604. The number of nitrogens with zero attached hydrogens (tertiary/aromatic N) is 1. The Bertz CT molecular complexity index is 1040. The van der Waals surface area contributed by atoms with E-state index in [-0.39, 0.29) is 11.4 Å². The van der Waals surface area contributed by atoms with E-state index < -0.39 is 10.8 Å². The summed E-state index contributed by atoms with van der Waals surface area (Å²) < 4.78 is 5.65. The summed E-state index contributed by atoms with van der Waals surface area (Å²) in [5.74, 6) is 0.427. The SMILES string of the molecule is O=C(/C=C/c1ccc(-c2ccc(Cl)cc2Cl)o1)Nc1ccccc1[N+](=O)[O-]. The molecule has 1 aromatic heterocycles. The van der Waals surface area contributed by atoms with Crippen molar-refractivity contribution in [3.8, 4) is 11.3 Å². The molecule has 6 nitrogen and oxygen atoms in total. The van der Waals surface area contributed by atoms with Crippen LogP contribution < -0.4 is 5.32 Å². The molecule has 2 aromatic carbocycles. The Balaban J connectivity index is 1.73. The Kier molecular flexibility index (Phi) is 5.59. The van der Waals surface area contributed by atoms with Crippen molar-refractivity contribution >= 4 is 46.6 Å². The van der Waals surface area contributed by atoms with Crippen molar-refractivity contribution in [3.05, 3.63) is 86.6 Å². The van der Waals surface area contributed by atoms with Crippen molar-refractivity contribution in [3.63, 3.8) is 0 Å². The van der Waals surface area contributed by atoms with Crippen LogP contribution in [0.25, 0.3) is 17.4 Å². The van der Waals surface area contributed by atoms with E-state index in [1.54, 1.807) is 36.4 Å². The largest absolute Gasteiger partial charge is 0.457 e. The number of rotatable bonds is 5. The second-order valence-corrected chi connectivity index (χ2v) is 6.27. The Labute approximate surface area is 164 Å². The average molecular weight is 403 g/mol. The van der Waals surface area contributed by atoms with Gasteiger partial charge in [-0.15, -0.1) is 0 Å². The third kappa shape index (κ3) is 4.55. The maximum Gasteiger partial charge on any atom is 0.292 e. The van der Waals surface area contributed by atoms with Gasteiger partial charge in [0, 0.05) is 22.7 Å². The number of carbonyl (C=O) groups excluding carboxylic acids is 1. The zero-order valence-electron chi connectivity index (χ0n) is 13.7. The minimum Gasteiger partial charge on any atom is -0.457 e. The molecule has 1 N–H and O–H groups in total. The number of benzene rings is 2. The van der Waals surface area contributed by atoms with Crippen LogP contribution in [0.3, 0.4) is 0 Å². The number of para-hydroxylation sites is 2. The number of furan rings is 1. The number of hydrogen-bond donors (Lipinski definition) is 1. The molecular formula is C19H12Cl2N2O4. The van der Waals surface area contributed by atoms with Gasteiger partial charge in [0.1, 0.15) is 17.2 Å². The van der Waals surface area contributed by atoms with Crippen LogP contribution in [-0.2, 0) is 4.79 Å². The van der Waals surface area contributed by atoms with Gasteiger partial charge in [-0.2, -0.15) is 0 Å². The van der Waals surface area contributed by atoms with E-state index in [0.29, 0.717) is 27.1 Å². The summed E-state index contributed by atoms with van der Waals surface area (Å²) in [6.07, 6.45) is 2.68. The number of halogens is 2. The van der Waals surface area contributed by atoms with Gasteiger partial charge in [0.15, 0.2) is 0 Å². The second kappa shape index (κ2) is 8.07. The molecule has 0 saturated heterocycles. The Morgan fingerprint density at radius 2 is 1.89 bits per heavy atom. The molecule has 0 atom stereocenters. The van der Waals surface area contributed by atoms with Gasteiger partial charge in [0.2, 0.25) is 5.91 Å². The third-order valence-electron chi connectivity index (χ3n) is 3.58. The van der Waals surface area contributed by atoms with Crippen LogP contribution >= 0.6 is 23.2 Å². The summed E-state index contributed by atoms with van der Waals surface area (Å²) >= 11 is 12.0. The number of nitro benzene ring substituents is 1. The molecule has 27 heavy (non-hydrogen) atoms. The number of nitrogens with one attached hydrogen (secondary N) is 1. The van der Waals surface area contributed by atoms with E-state index in [2.05, 4.69) is 5.32 Å². The Morgan fingerprint density at radius 3 is 2.63 bits per heavy atom. The highest BCUT2D eigenvalue weighted by molar-refractivity contribution is 6.36. The molecule has 0 radical (unpaired) electrons. The lowest BCUT2D eigenvalue weighted by Crippen LogP contribution is -2.09. The highest BCUT2D eigenvalue weighted by Gasteiger charge is 2.13. The standard InChI is InChI=1S/C19H12Cl2N2O4/c20-12-5-8-14(15(21)11-12)18-9-6-13(27-18)7-10-19(24)22-16-3-1-2-4-17(16)23(25)26/h1-11H,(H,22,24)/b10-7+. The summed E-state index contributed by atoms with van der Waals surface area (Å²) in [4.78, 5) is 22.4. The molecule has 3 aromatic rings. The lowest BCUT2D eigenvalue weighted by molar-refractivity contribution is -0.383. The molecule has 3 rings (SSSR count). The molecule has 8 heteroatoms. The molecule has 0 aliphatic rings. The highest BCUT2D eigenvalue weighted by Crippen LogP contribution is 2.31. The van der Waals surface area contributed by atoms with Crippen molar-refractivity contribution in [2.75, 3.05) is 5.32 Å². The van der Waals surface area contributed by atoms with E-state index in [4.69, 9.17) is 27.6 Å². The van der Waals surface area contributed by atoms with Crippen LogP contribution in [0, 0.1) is 10.1 Å². The molecular weight excluding hydrogens is 391 g/mol. The maximum atomic E-state index is 12.0. The number of hydrogen-bond acceptors (Lipinski definition) is 4. The van der Waals surface area contributed by atoms with Gasteiger partial charge >= 0.3 is 0 Å². The van der Waals surface area contributed by atoms with Crippen LogP contribution in [0.15, 0.2) is 65.1 Å². The van der Waals surface area contributed by atoms with Gasteiger partial charge in [-0.05, 0) is 42.5 Å². The van der Waals surface area contributed by atoms with Gasteiger partial charge in [-0.1, -0.05) is 35.3 Å². The fraction of sp³-hybridized carbons (Fsp3) is 0. The molecule has 1 amide bonds. The van der Waals surface area contributed by atoms with E-state index in [0.717, 1.165) is 0 Å². The van der Waals surface area contributed by atoms with E-state index in [9.17, 15) is 14.9 Å². The van der Waals surface area contributed by atoms with Crippen molar-refractivity contribution in [1.29, 1.82) is 0 Å². The summed E-state index contributed by atoms with van der Waals surface area (Å²) in [6, 6.07) is 14.3. The first kappa shape index (κ1) is 18.7. The third-order valence-corrected chi connectivity index (χ3v) is 4.13. The van der Waals surface area contributed by atoms with E-state index >= 15 is 0 Å². The topological polar surface area (TPSA) is 85.4 Å². The quantitative estimate of drug-likeness (QED) is 0.331. The summed E-state index contributed by atoms with van der Waals surface area (Å²) in [6.45, 7) is 0. The first-order valence-corrected chi connectivity index (χ1v) is 8.47. The smallest absolute Gasteiger partial charge is 0.292 e. The first-order chi connectivity index (χ1) is 12.9. The molecule has 136 valence electrons. The predicted octanol–water partition coefficient (Wildman–Crippen LogP) is 5.81. The van der Waals surface area contributed by atoms with Gasteiger partial charge in [-0.3, -0.25) is 14.9 Å². The van der Waals surface area contributed by atoms with Crippen molar-refractivity contribution in [2.45, 2.75) is 0 Å². The van der Waals surface area contributed by atoms with Crippen LogP contribution in [0.4, 0.5) is 11.4 Å². The van der Waals surface area contributed by atoms with Crippen molar-refractivity contribution < 1.29 is 14.1 Å². The first-order valence-electron chi connectivity index (χ1n) is 7.72. The maximum absolute atomic E-state index is 12.0. The molecule has 0 unspecified atom stereocenters. The zero-order valence-corrected chi connectivity index (χ0v) is 15.2. The van der Waals surface area contributed by atoms with Gasteiger partial charge in [0.05, 0.1) is 9.95 Å². The van der Waals surface area contributed by atoms with Gasteiger partial charge in [0.25, 0.3) is 5.69 Å². The minimum absolute atomic E-state index is 0.116. The Morgan fingerprint density at radius 1 is 1.11 bits per heavy atom. The van der Waals surface area contributed by atoms with E-state index in [1.165, 1.54) is 30.4 Å². The minimum atomic E-state index is -0.562. The molecule has 1 heterocycles. The predicted molar refractivity (Wildman–Crippen MR) is 105 cm³/mol. The monoisotopic (exact) mass is 402 g/mol. The number of carbonyl (C=O) groups is 1. The molecule has 0 aliphatic heterocycles. The molecule has 0 saturated carbocycles. The highest BCUT2D eigenvalue weighted by atomic mass is 35.5. The number of anilines is 1. The molecule has 0 aliphatic carbocycles. The van der Waals surface area contributed by atoms with Crippen molar-refractivity contribution in [1.82, 2.24) is 0 Å². The van der Waals surface area contributed by atoms with Crippen LogP contribution in [-0.4, -0.2) is 10.8 Å². The van der Waals surface area contributed by atoms with Crippen LogP contribution in [0.2, 0.25) is 10.0 Å². The fourth-order valence-electron chi connectivity index (χ4n) is 2.35. The van der Waals surface area contributed by atoms with Gasteiger partial charge < -0.3 is 9.73 Å².